The summed E-state index contributed by atoms with van der Waals surface area (Å²) in [7, 11) is 0. The Bertz CT molecular complexity index is 345. The zero-order valence-corrected chi connectivity index (χ0v) is 9.85. The minimum atomic E-state index is 0.552. The molecule has 0 saturated carbocycles. The number of rotatable bonds is 5. The van der Waals surface area contributed by atoms with Crippen LogP contribution in [-0.2, 0) is 6.42 Å². The van der Waals surface area contributed by atoms with Crippen molar-refractivity contribution in [3.63, 3.8) is 0 Å². The van der Waals surface area contributed by atoms with Crippen molar-refractivity contribution in [2.24, 2.45) is 0 Å². The number of thioether (sulfide) groups is 1. The second-order valence-corrected chi connectivity index (χ2v) is 4.77. The van der Waals surface area contributed by atoms with E-state index in [0.717, 1.165) is 28.5 Å². The lowest BCUT2D eigenvalue weighted by atomic mass is 10.3. The monoisotopic (exact) mass is 237 g/mol. The summed E-state index contributed by atoms with van der Waals surface area (Å²) in [6.07, 6.45) is 7.29. The summed E-state index contributed by atoms with van der Waals surface area (Å²) in [5.74, 6) is 0.788. The van der Waals surface area contributed by atoms with Crippen LogP contribution >= 0.6 is 24.0 Å². The second-order valence-electron chi connectivity index (χ2n) is 2.83. The van der Waals surface area contributed by atoms with Crippen molar-refractivity contribution in [1.82, 2.24) is 9.97 Å². The van der Waals surface area contributed by atoms with E-state index in [1.54, 1.807) is 30.4 Å². The van der Waals surface area contributed by atoms with Crippen LogP contribution in [0.25, 0.3) is 0 Å². The number of thiocarbonyl (C=S) groups is 1. The van der Waals surface area contributed by atoms with E-state index in [1.807, 2.05) is 0 Å². The van der Waals surface area contributed by atoms with Gasteiger partial charge >= 0.3 is 0 Å². The average molecular weight is 237 g/mol. The fraction of sp³-hybridized carbons (Fsp3) is 0.400. The van der Waals surface area contributed by atoms with Crippen LogP contribution in [0.4, 0.5) is 0 Å². The van der Waals surface area contributed by atoms with Gasteiger partial charge in [0, 0.05) is 35.0 Å². The number of aryl methyl sites for hydroxylation is 1. The molecule has 0 aliphatic heterocycles. The highest BCUT2D eigenvalue weighted by Crippen LogP contribution is 2.11. The van der Waals surface area contributed by atoms with Crippen molar-refractivity contribution < 1.29 is 0 Å². The third-order valence-corrected chi connectivity index (χ3v) is 3.17. The minimum absolute atomic E-state index is 0.552. The summed E-state index contributed by atoms with van der Waals surface area (Å²) in [5, 5.41) is 8.36. The van der Waals surface area contributed by atoms with E-state index in [1.165, 1.54) is 0 Å². The Hall–Kier alpha value is -0.990. The molecule has 15 heavy (non-hydrogen) atoms. The zero-order chi connectivity index (χ0) is 10.9. The van der Waals surface area contributed by atoms with Crippen LogP contribution in [0, 0.1) is 11.3 Å². The fourth-order valence-electron chi connectivity index (χ4n) is 0.972. The first-order valence-electron chi connectivity index (χ1n) is 4.60. The Kier molecular flexibility index (Phi) is 5.90. The SMILES string of the molecule is N#CCCSC(=S)CCc1cnccn1. The van der Waals surface area contributed by atoms with E-state index in [-0.39, 0.29) is 0 Å². The number of hydrogen-bond donors (Lipinski definition) is 0. The largest absolute Gasteiger partial charge is 0.261 e. The first kappa shape index (κ1) is 12.1. The minimum Gasteiger partial charge on any atom is -0.261 e. The van der Waals surface area contributed by atoms with Gasteiger partial charge in [0.05, 0.1) is 11.8 Å². The Balaban J connectivity index is 2.20. The van der Waals surface area contributed by atoms with Gasteiger partial charge in [-0.25, -0.2) is 0 Å². The van der Waals surface area contributed by atoms with Crippen LogP contribution in [0.1, 0.15) is 18.5 Å². The highest BCUT2D eigenvalue weighted by atomic mass is 32.2. The molecule has 0 N–H and O–H groups in total. The third kappa shape index (κ3) is 5.45. The quantitative estimate of drug-likeness (QED) is 0.581. The van der Waals surface area contributed by atoms with Gasteiger partial charge in [0.2, 0.25) is 0 Å². The van der Waals surface area contributed by atoms with Crippen molar-refractivity contribution in [3.05, 3.63) is 24.3 Å². The van der Waals surface area contributed by atoms with Gasteiger partial charge in [0.15, 0.2) is 0 Å². The van der Waals surface area contributed by atoms with E-state index < -0.39 is 0 Å². The van der Waals surface area contributed by atoms with E-state index in [2.05, 4.69) is 16.0 Å². The van der Waals surface area contributed by atoms with Crippen LogP contribution in [0.5, 0.6) is 0 Å². The van der Waals surface area contributed by atoms with E-state index in [4.69, 9.17) is 17.5 Å². The number of aromatic nitrogens is 2. The van der Waals surface area contributed by atoms with Crippen molar-refractivity contribution in [3.8, 4) is 6.07 Å². The maximum Gasteiger partial charge on any atom is 0.0630 e. The summed E-state index contributed by atoms with van der Waals surface area (Å²) in [5.41, 5.74) is 0.959. The Morgan fingerprint density at radius 2 is 2.40 bits per heavy atom. The molecule has 1 heterocycles. The van der Waals surface area contributed by atoms with Crippen molar-refractivity contribution in [2.75, 3.05) is 5.75 Å². The van der Waals surface area contributed by atoms with Gasteiger partial charge in [-0.3, -0.25) is 9.97 Å². The molecule has 0 aliphatic carbocycles. The lowest BCUT2D eigenvalue weighted by Gasteiger charge is -2.01. The zero-order valence-electron chi connectivity index (χ0n) is 8.22. The molecule has 1 aromatic heterocycles. The van der Waals surface area contributed by atoms with Gasteiger partial charge in [-0.15, -0.1) is 11.8 Å². The molecule has 1 rings (SSSR count). The molecule has 0 radical (unpaired) electrons. The van der Waals surface area contributed by atoms with Gasteiger partial charge < -0.3 is 0 Å². The van der Waals surface area contributed by atoms with Gasteiger partial charge in [-0.05, 0) is 12.8 Å². The number of nitrogens with zero attached hydrogens (tertiary/aromatic N) is 3. The average Bonchev–Trinajstić information content (AvgIpc) is 2.28. The molecule has 0 atom stereocenters. The molecule has 0 aromatic carbocycles. The number of hydrogen-bond acceptors (Lipinski definition) is 5. The summed E-state index contributed by atoms with van der Waals surface area (Å²) >= 11 is 6.75. The molecule has 3 nitrogen and oxygen atoms in total. The molecule has 0 aliphatic rings. The molecule has 0 fully saturated rings. The highest BCUT2D eigenvalue weighted by molar-refractivity contribution is 8.23. The van der Waals surface area contributed by atoms with E-state index >= 15 is 0 Å². The maximum atomic E-state index is 8.36. The summed E-state index contributed by atoms with van der Waals surface area (Å²) in [4.78, 5) is 8.15. The van der Waals surface area contributed by atoms with Gasteiger partial charge in [0.1, 0.15) is 0 Å². The topological polar surface area (TPSA) is 49.6 Å². The molecule has 0 unspecified atom stereocenters. The van der Waals surface area contributed by atoms with Gasteiger partial charge in [0.25, 0.3) is 0 Å². The van der Waals surface area contributed by atoms with Crippen LogP contribution < -0.4 is 0 Å². The summed E-state index contributed by atoms with van der Waals surface area (Å²) in [6.45, 7) is 0. The van der Waals surface area contributed by atoms with Crippen LogP contribution in [0.3, 0.4) is 0 Å². The predicted molar refractivity (Wildman–Crippen MR) is 65.6 cm³/mol. The molecule has 78 valence electrons. The van der Waals surface area contributed by atoms with E-state index in [9.17, 15) is 0 Å². The third-order valence-electron chi connectivity index (χ3n) is 1.68. The van der Waals surface area contributed by atoms with Crippen LogP contribution in [0.15, 0.2) is 18.6 Å². The summed E-state index contributed by atoms with van der Waals surface area (Å²) < 4.78 is 0.941. The smallest absolute Gasteiger partial charge is 0.0630 e. The normalized spacial score (nSPS) is 9.53. The van der Waals surface area contributed by atoms with Gasteiger partial charge in [-0.2, -0.15) is 5.26 Å². The lowest BCUT2D eigenvalue weighted by Crippen LogP contribution is -1.96. The highest BCUT2D eigenvalue weighted by Gasteiger charge is 2.00. The molecular weight excluding hydrogens is 226 g/mol. The first-order chi connectivity index (χ1) is 7.33. The molecule has 1 aromatic rings. The second kappa shape index (κ2) is 7.32. The van der Waals surface area contributed by atoms with E-state index in [0.29, 0.717) is 6.42 Å². The Morgan fingerprint density at radius 3 is 3.07 bits per heavy atom. The molecule has 0 saturated heterocycles. The summed E-state index contributed by atoms with van der Waals surface area (Å²) in [6, 6.07) is 2.09. The molecule has 0 bridgehead atoms. The molecule has 0 spiro atoms. The lowest BCUT2D eigenvalue weighted by molar-refractivity contribution is 0.959. The van der Waals surface area contributed by atoms with Crippen molar-refractivity contribution >= 4 is 28.2 Å². The standard InChI is InChI=1S/C10H11N3S2/c11-4-1-7-15-10(14)3-2-9-8-12-5-6-13-9/h5-6,8H,1-3,7H2. The predicted octanol–water partition coefficient (Wildman–Crippen LogP) is 2.38. The van der Waals surface area contributed by atoms with Crippen LogP contribution in [0.2, 0.25) is 0 Å². The van der Waals surface area contributed by atoms with Crippen molar-refractivity contribution in [2.45, 2.75) is 19.3 Å². The van der Waals surface area contributed by atoms with Crippen LogP contribution in [-0.4, -0.2) is 19.9 Å². The first-order valence-corrected chi connectivity index (χ1v) is 6.00. The fourth-order valence-corrected chi connectivity index (χ4v) is 1.99. The molecule has 5 heteroatoms. The number of nitriles is 1. The maximum absolute atomic E-state index is 8.36. The Labute approximate surface area is 98.9 Å². The van der Waals surface area contributed by atoms with Gasteiger partial charge in [-0.1, -0.05) is 12.2 Å². The molecule has 0 amide bonds. The van der Waals surface area contributed by atoms with Crippen molar-refractivity contribution in [1.29, 1.82) is 5.26 Å². The molecular formula is C10H11N3S2. The Morgan fingerprint density at radius 1 is 1.53 bits per heavy atom.